The lowest BCUT2D eigenvalue weighted by Gasteiger charge is -2.36. The van der Waals surface area contributed by atoms with Crippen LogP contribution in [-0.4, -0.2) is 45.4 Å². The summed E-state index contributed by atoms with van der Waals surface area (Å²) in [5.41, 5.74) is 0.561. The van der Waals surface area contributed by atoms with Crippen molar-refractivity contribution in [1.29, 1.82) is 5.26 Å². The highest BCUT2D eigenvalue weighted by Crippen LogP contribution is 2.22. The predicted molar refractivity (Wildman–Crippen MR) is 65.5 cm³/mol. The maximum absolute atomic E-state index is 9.91. The van der Waals surface area contributed by atoms with E-state index in [4.69, 9.17) is 10.4 Å². The molecule has 0 aliphatic carbocycles. The first-order valence-corrected chi connectivity index (χ1v) is 6.06. The molecule has 1 aromatic heterocycles. The van der Waals surface area contributed by atoms with Gasteiger partial charge < -0.3 is 10.2 Å². The Hall–Kier alpha value is -1.48. The number of piperidine rings is 1. The molecule has 5 heteroatoms. The number of hydrogen-bond acceptors (Lipinski definition) is 5. The number of pyridine rings is 1. The summed E-state index contributed by atoms with van der Waals surface area (Å²) in [4.78, 5) is 6.41. The first-order valence-electron chi connectivity index (χ1n) is 6.06. The van der Waals surface area contributed by atoms with E-state index in [2.05, 4.69) is 16.0 Å². The zero-order valence-electron chi connectivity index (χ0n) is 10.2. The normalized spacial score (nSPS) is 19.4. The second-order valence-corrected chi connectivity index (χ2v) is 4.81. The van der Waals surface area contributed by atoms with Gasteiger partial charge in [-0.1, -0.05) is 0 Å². The number of aliphatic hydroxyl groups excluding tert-OH is 1. The van der Waals surface area contributed by atoms with Crippen molar-refractivity contribution in [3.05, 3.63) is 29.6 Å². The second kappa shape index (κ2) is 5.44. The fourth-order valence-electron chi connectivity index (χ4n) is 2.15. The van der Waals surface area contributed by atoms with Gasteiger partial charge in [-0.15, -0.1) is 0 Å². The lowest BCUT2D eigenvalue weighted by molar-refractivity contribution is -0.0608. The van der Waals surface area contributed by atoms with Crippen molar-refractivity contribution in [3.63, 3.8) is 0 Å². The van der Waals surface area contributed by atoms with E-state index < -0.39 is 5.60 Å². The molecular weight excluding hydrogens is 230 g/mol. The Kier molecular flexibility index (Phi) is 3.92. The van der Waals surface area contributed by atoms with Crippen molar-refractivity contribution in [1.82, 2.24) is 9.88 Å². The van der Waals surface area contributed by atoms with Gasteiger partial charge in [0.15, 0.2) is 0 Å². The third-order valence-electron chi connectivity index (χ3n) is 3.41. The molecule has 0 spiro atoms. The zero-order valence-corrected chi connectivity index (χ0v) is 10.2. The van der Waals surface area contributed by atoms with E-state index in [1.54, 1.807) is 18.3 Å². The fourth-order valence-corrected chi connectivity index (χ4v) is 2.15. The van der Waals surface area contributed by atoms with Gasteiger partial charge in [0, 0.05) is 25.8 Å². The molecule has 2 N–H and O–H groups in total. The summed E-state index contributed by atoms with van der Waals surface area (Å²) in [6.45, 7) is 1.96. The molecule has 1 aliphatic heterocycles. The van der Waals surface area contributed by atoms with Crippen LogP contribution in [0.3, 0.4) is 0 Å². The smallest absolute Gasteiger partial charge is 0.0992 e. The molecule has 0 amide bonds. The summed E-state index contributed by atoms with van der Waals surface area (Å²) in [6, 6.07) is 5.56. The van der Waals surface area contributed by atoms with E-state index in [-0.39, 0.29) is 6.61 Å². The molecule has 1 aromatic rings. The Bertz CT molecular complexity index is 448. The van der Waals surface area contributed by atoms with E-state index in [0.717, 1.165) is 18.8 Å². The van der Waals surface area contributed by atoms with E-state index in [9.17, 15) is 5.11 Å². The number of aromatic nitrogens is 1. The Labute approximate surface area is 106 Å². The minimum Gasteiger partial charge on any atom is -0.393 e. The van der Waals surface area contributed by atoms with Gasteiger partial charge in [-0.25, -0.2) is 0 Å². The molecule has 2 rings (SSSR count). The molecule has 0 atom stereocenters. The number of nitrogens with zero attached hydrogens (tertiary/aromatic N) is 3. The van der Waals surface area contributed by atoms with Crippen LogP contribution in [0.15, 0.2) is 18.3 Å². The van der Waals surface area contributed by atoms with E-state index in [0.29, 0.717) is 24.9 Å². The maximum atomic E-state index is 9.91. The highest BCUT2D eigenvalue weighted by molar-refractivity contribution is 5.28. The number of nitriles is 1. The third-order valence-corrected chi connectivity index (χ3v) is 3.41. The Balaban J connectivity index is 1.94. The summed E-state index contributed by atoms with van der Waals surface area (Å²) < 4.78 is 0. The van der Waals surface area contributed by atoms with Crippen LogP contribution >= 0.6 is 0 Å². The predicted octanol–water partition coefficient (Wildman–Crippen LogP) is 0.272. The van der Waals surface area contributed by atoms with Gasteiger partial charge in [-0.2, -0.15) is 5.26 Å². The molecule has 0 unspecified atom stereocenters. The molecule has 5 nitrogen and oxygen atoms in total. The molecule has 1 saturated heterocycles. The van der Waals surface area contributed by atoms with E-state index in [1.807, 2.05) is 0 Å². The zero-order chi connectivity index (χ0) is 13.0. The van der Waals surface area contributed by atoms with Crippen molar-refractivity contribution >= 4 is 0 Å². The molecule has 18 heavy (non-hydrogen) atoms. The first kappa shape index (κ1) is 13.0. The Morgan fingerprint density at radius 1 is 1.44 bits per heavy atom. The largest absolute Gasteiger partial charge is 0.393 e. The molecule has 2 heterocycles. The van der Waals surface area contributed by atoms with Gasteiger partial charge >= 0.3 is 0 Å². The quantitative estimate of drug-likeness (QED) is 0.801. The highest BCUT2D eigenvalue weighted by Gasteiger charge is 2.31. The highest BCUT2D eigenvalue weighted by atomic mass is 16.3. The molecule has 0 bridgehead atoms. The summed E-state index contributed by atoms with van der Waals surface area (Å²) >= 11 is 0. The number of hydrogen-bond donors (Lipinski definition) is 2. The topological polar surface area (TPSA) is 80.4 Å². The van der Waals surface area contributed by atoms with Crippen molar-refractivity contribution < 1.29 is 10.2 Å². The molecule has 0 radical (unpaired) electrons. The monoisotopic (exact) mass is 247 g/mol. The summed E-state index contributed by atoms with van der Waals surface area (Å²) in [7, 11) is 0. The lowest BCUT2D eigenvalue weighted by atomic mass is 9.92. The van der Waals surface area contributed by atoms with Crippen LogP contribution in [0.4, 0.5) is 0 Å². The van der Waals surface area contributed by atoms with Crippen molar-refractivity contribution in [3.8, 4) is 6.07 Å². The van der Waals surface area contributed by atoms with Crippen LogP contribution in [-0.2, 0) is 6.54 Å². The van der Waals surface area contributed by atoms with Crippen LogP contribution < -0.4 is 0 Å². The third kappa shape index (κ3) is 3.05. The summed E-state index contributed by atoms with van der Waals surface area (Å²) in [5.74, 6) is 0. The lowest BCUT2D eigenvalue weighted by Crippen LogP contribution is -2.46. The minimum absolute atomic E-state index is 0.178. The molecule has 96 valence electrons. The van der Waals surface area contributed by atoms with E-state index >= 15 is 0 Å². The van der Waals surface area contributed by atoms with Crippen LogP contribution in [0, 0.1) is 11.3 Å². The Morgan fingerprint density at radius 2 is 2.17 bits per heavy atom. The Morgan fingerprint density at radius 3 is 2.78 bits per heavy atom. The average molecular weight is 247 g/mol. The molecule has 0 aromatic carbocycles. The molecule has 1 fully saturated rings. The number of rotatable bonds is 3. The summed E-state index contributed by atoms with van der Waals surface area (Å²) in [6.07, 6.45) is 2.78. The fraction of sp³-hybridized carbons (Fsp3) is 0.538. The van der Waals surface area contributed by atoms with Crippen molar-refractivity contribution in [2.24, 2.45) is 0 Å². The van der Waals surface area contributed by atoms with Gasteiger partial charge in [0.25, 0.3) is 0 Å². The number of likely N-dealkylation sites (tertiary alicyclic amines) is 1. The van der Waals surface area contributed by atoms with Crippen LogP contribution in [0.5, 0.6) is 0 Å². The standard InChI is InChI=1S/C13H17N3O2/c14-8-11-1-4-15-12(7-11)9-16-5-2-13(18,10-17)3-6-16/h1,4,7,17-18H,2-3,5-6,9-10H2. The second-order valence-electron chi connectivity index (χ2n) is 4.81. The molecular formula is C13H17N3O2. The van der Waals surface area contributed by atoms with Crippen LogP contribution in [0.2, 0.25) is 0 Å². The van der Waals surface area contributed by atoms with Crippen LogP contribution in [0.1, 0.15) is 24.1 Å². The minimum atomic E-state index is -0.918. The van der Waals surface area contributed by atoms with Gasteiger partial charge in [0.1, 0.15) is 0 Å². The van der Waals surface area contributed by atoms with Gasteiger partial charge in [-0.3, -0.25) is 9.88 Å². The summed E-state index contributed by atoms with van der Waals surface area (Å²) in [5, 5.41) is 27.8. The SMILES string of the molecule is N#Cc1ccnc(CN2CCC(O)(CO)CC2)c1. The van der Waals surface area contributed by atoms with Crippen molar-refractivity contribution in [2.75, 3.05) is 19.7 Å². The van der Waals surface area contributed by atoms with E-state index in [1.165, 1.54) is 0 Å². The van der Waals surface area contributed by atoms with Gasteiger partial charge in [0.05, 0.1) is 29.5 Å². The molecule has 0 saturated carbocycles. The molecule has 1 aliphatic rings. The number of aliphatic hydroxyl groups is 2. The van der Waals surface area contributed by atoms with Gasteiger partial charge in [-0.05, 0) is 25.0 Å². The maximum Gasteiger partial charge on any atom is 0.0992 e. The van der Waals surface area contributed by atoms with Crippen molar-refractivity contribution in [2.45, 2.75) is 25.0 Å². The average Bonchev–Trinajstić information content (AvgIpc) is 2.42. The van der Waals surface area contributed by atoms with Crippen LogP contribution in [0.25, 0.3) is 0 Å². The first-order chi connectivity index (χ1) is 8.65. The van der Waals surface area contributed by atoms with Gasteiger partial charge in [0.2, 0.25) is 0 Å².